The molecule has 0 amide bonds. The van der Waals surface area contributed by atoms with Crippen molar-refractivity contribution in [2.24, 2.45) is 0 Å². The molecule has 1 aliphatic heterocycles. The van der Waals surface area contributed by atoms with Crippen LogP contribution >= 0.6 is 0 Å². The van der Waals surface area contributed by atoms with Crippen LogP contribution in [0, 0.1) is 0 Å². The molecule has 22 heavy (non-hydrogen) atoms. The molecule has 4 nitrogen and oxygen atoms in total. The van der Waals surface area contributed by atoms with E-state index in [1.54, 1.807) is 14.2 Å². The average molecular weight is 298 g/mol. The molecular weight excluding hydrogens is 280 g/mol. The Kier molecular flexibility index (Phi) is 3.32. The summed E-state index contributed by atoms with van der Waals surface area (Å²) < 4.78 is 16.6. The number of hydrogen-bond donors (Lipinski definition) is 0. The standard InChI is InChI=1S/C18H18O4/c1-18(2)13-6-5-11(20-3)9-16(13)22-17-12(10-19)15(21-4)8-7-14(17)18/h5-10H,1-4H3. The van der Waals surface area contributed by atoms with E-state index in [-0.39, 0.29) is 5.41 Å². The maximum atomic E-state index is 11.5. The van der Waals surface area contributed by atoms with Crippen molar-refractivity contribution in [1.29, 1.82) is 0 Å². The second-order valence-electron chi connectivity index (χ2n) is 5.77. The summed E-state index contributed by atoms with van der Waals surface area (Å²) in [6, 6.07) is 9.52. The summed E-state index contributed by atoms with van der Waals surface area (Å²) in [5, 5.41) is 0. The minimum absolute atomic E-state index is 0.279. The van der Waals surface area contributed by atoms with Crippen molar-refractivity contribution in [2.75, 3.05) is 14.2 Å². The van der Waals surface area contributed by atoms with E-state index in [0.29, 0.717) is 28.6 Å². The van der Waals surface area contributed by atoms with Gasteiger partial charge in [-0.2, -0.15) is 0 Å². The molecule has 1 heterocycles. The molecule has 0 N–H and O–H groups in total. The first kappa shape index (κ1) is 14.4. The zero-order valence-electron chi connectivity index (χ0n) is 13.1. The average Bonchev–Trinajstić information content (AvgIpc) is 2.53. The second-order valence-corrected chi connectivity index (χ2v) is 5.77. The second kappa shape index (κ2) is 5.05. The molecule has 0 saturated heterocycles. The zero-order chi connectivity index (χ0) is 15.9. The first-order chi connectivity index (χ1) is 10.5. The molecule has 2 aromatic rings. The van der Waals surface area contributed by atoms with E-state index in [2.05, 4.69) is 13.8 Å². The summed E-state index contributed by atoms with van der Waals surface area (Å²) >= 11 is 0. The van der Waals surface area contributed by atoms with Crippen molar-refractivity contribution in [3.8, 4) is 23.0 Å². The van der Waals surface area contributed by atoms with Gasteiger partial charge in [0.25, 0.3) is 0 Å². The molecule has 4 heteroatoms. The van der Waals surface area contributed by atoms with Crippen molar-refractivity contribution < 1.29 is 19.0 Å². The minimum Gasteiger partial charge on any atom is -0.497 e. The third-order valence-corrected chi connectivity index (χ3v) is 4.24. The van der Waals surface area contributed by atoms with Gasteiger partial charge in [0.2, 0.25) is 0 Å². The van der Waals surface area contributed by atoms with Crippen molar-refractivity contribution in [1.82, 2.24) is 0 Å². The molecule has 0 radical (unpaired) electrons. The smallest absolute Gasteiger partial charge is 0.157 e. The Bertz CT molecular complexity index is 747. The molecule has 0 spiro atoms. The number of carbonyl (C=O) groups is 1. The highest BCUT2D eigenvalue weighted by atomic mass is 16.5. The third-order valence-electron chi connectivity index (χ3n) is 4.24. The number of hydrogen-bond acceptors (Lipinski definition) is 4. The molecule has 0 unspecified atom stereocenters. The van der Waals surface area contributed by atoms with Crippen LogP contribution in [-0.2, 0) is 5.41 Å². The number of carbonyl (C=O) groups excluding carboxylic acids is 1. The van der Waals surface area contributed by atoms with E-state index >= 15 is 0 Å². The Morgan fingerprint density at radius 3 is 2.41 bits per heavy atom. The van der Waals surface area contributed by atoms with Gasteiger partial charge in [-0.15, -0.1) is 0 Å². The lowest BCUT2D eigenvalue weighted by atomic mass is 9.75. The van der Waals surface area contributed by atoms with Gasteiger partial charge in [-0.1, -0.05) is 26.0 Å². The topological polar surface area (TPSA) is 44.8 Å². The van der Waals surface area contributed by atoms with E-state index in [1.165, 1.54) is 0 Å². The van der Waals surface area contributed by atoms with Gasteiger partial charge in [0.1, 0.15) is 23.0 Å². The SMILES string of the molecule is COc1ccc2c(c1)Oc1c(ccc(OC)c1C=O)C2(C)C. The molecule has 114 valence electrons. The first-order valence-corrected chi connectivity index (χ1v) is 7.06. The number of aldehydes is 1. The first-order valence-electron chi connectivity index (χ1n) is 7.06. The number of ether oxygens (including phenoxy) is 3. The largest absolute Gasteiger partial charge is 0.497 e. The maximum absolute atomic E-state index is 11.5. The van der Waals surface area contributed by atoms with Crippen LogP contribution in [0.25, 0.3) is 0 Å². The van der Waals surface area contributed by atoms with E-state index < -0.39 is 0 Å². The predicted octanol–water partition coefficient (Wildman–Crippen LogP) is 3.95. The van der Waals surface area contributed by atoms with Gasteiger partial charge < -0.3 is 14.2 Å². The van der Waals surface area contributed by atoms with Gasteiger partial charge in [-0.3, -0.25) is 4.79 Å². The summed E-state index contributed by atoms with van der Waals surface area (Å²) in [4.78, 5) is 11.5. The summed E-state index contributed by atoms with van der Waals surface area (Å²) in [5.74, 6) is 2.48. The molecular formula is C18H18O4. The lowest BCUT2D eigenvalue weighted by Crippen LogP contribution is -2.25. The number of fused-ring (bicyclic) bond motifs is 2. The molecule has 2 aromatic carbocycles. The Balaban J connectivity index is 2.26. The van der Waals surface area contributed by atoms with Crippen LogP contribution in [0.3, 0.4) is 0 Å². The molecule has 0 saturated carbocycles. The molecule has 1 aliphatic rings. The zero-order valence-corrected chi connectivity index (χ0v) is 13.1. The number of rotatable bonds is 3. The molecule has 0 bridgehead atoms. The van der Waals surface area contributed by atoms with Gasteiger partial charge >= 0.3 is 0 Å². The summed E-state index contributed by atoms with van der Waals surface area (Å²) in [6.45, 7) is 4.22. The Labute approximate surface area is 129 Å². The third kappa shape index (κ3) is 1.95. The number of methoxy groups -OCH3 is 2. The quantitative estimate of drug-likeness (QED) is 0.805. The molecule has 0 aromatic heterocycles. The Morgan fingerprint density at radius 1 is 1.05 bits per heavy atom. The van der Waals surface area contributed by atoms with Crippen LogP contribution in [0.15, 0.2) is 30.3 Å². The van der Waals surface area contributed by atoms with Gasteiger partial charge in [-0.05, 0) is 12.1 Å². The normalized spacial score (nSPS) is 14.4. The highest BCUT2D eigenvalue weighted by Crippen LogP contribution is 2.51. The maximum Gasteiger partial charge on any atom is 0.157 e. The fourth-order valence-electron chi connectivity index (χ4n) is 2.96. The van der Waals surface area contributed by atoms with Crippen molar-refractivity contribution in [3.63, 3.8) is 0 Å². The summed E-state index contributed by atoms with van der Waals surface area (Å²) in [5.41, 5.74) is 2.18. The lowest BCUT2D eigenvalue weighted by molar-refractivity contribution is 0.111. The fourth-order valence-corrected chi connectivity index (χ4v) is 2.96. The van der Waals surface area contributed by atoms with Crippen LogP contribution in [-0.4, -0.2) is 20.5 Å². The van der Waals surface area contributed by atoms with E-state index in [0.717, 1.165) is 17.4 Å². The molecule has 0 aliphatic carbocycles. The molecule has 3 rings (SSSR count). The summed E-state index contributed by atoms with van der Waals surface area (Å²) in [7, 11) is 3.16. The van der Waals surface area contributed by atoms with Crippen LogP contribution in [0.4, 0.5) is 0 Å². The minimum atomic E-state index is -0.279. The lowest BCUT2D eigenvalue weighted by Gasteiger charge is -2.35. The van der Waals surface area contributed by atoms with Crippen LogP contribution in [0.2, 0.25) is 0 Å². The van der Waals surface area contributed by atoms with Crippen LogP contribution < -0.4 is 14.2 Å². The molecule has 0 atom stereocenters. The van der Waals surface area contributed by atoms with E-state index in [4.69, 9.17) is 14.2 Å². The summed E-state index contributed by atoms with van der Waals surface area (Å²) in [6.07, 6.45) is 0.777. The van der Waals surface area contributed by atoms with Gasteiger partial charge in [0.05, 0.1) is 19.8 Å². The van der Waals surface area contributed by atoms with Crippen molar-refractivity contribution >= 4 is 6.29 Å². The highest BCUT2D eigenvalue weighted by molar-refractivity contribution is 5.86. The van der Waals surface area contributed by atoms with E-state index in [9.17, 15) is 4.79 Å². The van der Waals surface area contributed by atoms with Gasteiger partial charge in [0.15, 0.2) is 6.29 Å². The number of benzene rings is 2. The van der Waals surface area contributed by atoms with Gasteiger partial charge in [-0.25, -0.2) is 0 Å². The molecule has 0 fully saturated rings. The Morgan fingerprint density at radius 2 is 1.77 bits per heavy atom. The van der Waals surface area contributed by atoms with E-state index in [1.807, 2.05) is 30.3 Å². The Hall–Kier alpha value is -2.49. The monoisotopic (exact) mass is 298 g/mol. The van der Waals surface area contributed by atoms with Gasteiger partial charge in [0, 0.05) is 22.6 Å². The van der Waals surface area contributed by atoms with Crippen LogP contribution in [0.5, 0.6) is 23.0 Å². The highest BCUT2D eigenvalue weighted by Gasteiger charge is 2.36. The van der Waals surface area contributed by atoms with Crippen molar-refractivity contribution in [2.45, 2.75) is 19.3 Å². The van der Waals surface area contributed by atoms with Crippen LogP contribution in [0.1, 0.15) is 35.3 Å². The predicted molar refractivity (Wildman–Crippen MR) is 83.6 cm³/mol. The van der Waals surface area contributed by atoms with Crippen molar-refractivity contribution in [3.05, 3.63) is 47.0 Å². The fraction of sp³-hybridized carbons (Fsp3) is 0.278.